The first-order chi connectivity index (χ1) is 18.1. The number of allylic oxidation sites excluding steroid dienone is 3. The molecule has 1 atom stereocenters. The number of carbonyl (C=O) groups excluding carboxylic acids is 1. The van der Waals surface area contributed by atoms with Crippen LogP contribution < -0.4 is 15.2 Å². The first kappa shape index (κ1) is 28.0. The number of nitrogens with zero attached hydrogens (tertiary/aromatic N) is 2. The van der Waals surface area contributed by atoms with Gasteiger partial charge in [0.1, 0.15) is 12.4 Å². The maximum absolute atomic E-state index is 13.6. The van der Waals surface area contributed by atoms with Gasteiger partial charge < -0.3 is 24.8 Å². The molecule has 0 aromatic heterocycles. The molecule has 1 aliphatic carbocycles. The molecule has 2 aliphatic rings. The molecule has 200 valence electrons. The van der Waals surface area contributed by atoms with Gasteiger partial charge >= 0.3 is 0 Å². The lowest BCUT2D eigenvalue weighted by Crippen LogP contribution is -2.43. The lowest BCUT2D eigenvalue weighted by Gasteiger charge is -2.43. The van der Waals surface area contributed by atoms with Crippen molar-refractivity contribution in [2.24, 2.45) is 11.1 Å². The Morgan fingerprint density at radius 1 is 1.24 bits per heavy atom. The SMILES string of the molecule is COCCN1C(N)=C(C#N)[C@H](c2cc(Br)c(OCc3cccc(Cl)c3)c(OC)c2)C2=C1CC(C)(C)CC2=O. The third-order valence-electron chi connectivity index (χ3n) is 6.86. The number of rotatable bonds is 8. The summed E-state index contributed by atoms with van der Waals surface area (Å²) in [6, 6.07) is 13.4. The largest absolute Gasteiger partial charge is 0.493 e. The molecule has 1 heterocycles. The Kier molecular flexibility index (Phi) is 8.41. The minimum Gasteiger partial charge on any atom is -0.493 e. The van der Waals surface area contributed by atoms with Gasteiger partial charge in [-0.15, -0.1) is 0 Å². The zero-order valence-electron chi connectivity index (χ0n) is 21.9. The van der Waals surface area contributed by atoms with Gasteiger partial charge in [-0.05, 0) is 63.2 Å². The number of nitrogens with two attached hydrogens (primary N) is 1. The predicted molar refractivity (Wildman–Crippen MR) is 150 cm³/mol. The third kappa shape index (κ3) is 5.56. The van der Waals surface area contributed by atoms with Gasteiger partial charge in [-0.1, -0.05) is 37.6 Å². The summed E-state index contributed by atoms with van der Waals surface area (Å²) in [7, 11) is 3.17. The lowest BCUT2D eigenvalue weighted by atomic mass is 9.68. The van der Waals surface area contributed by atoms with Gasteiger partial charge in [-0.2, -0.15) is 5.26 Å². The Bertz CT molecular complexity index is 1360. The maximum atomic E-state index is 13.6. The van der Waals surface area contributed by atoms with E-state index in [2.05, 4.69) is 35.8 Å². The number of hydrogen-bond acceptors (Lipinski definition) is 7. The van der Waals surface area contributed by atoms with Crippen LogP contribution in [0.2, 0.25) is 5.02 Å². The van der Waals surface area contributed by atoms with Crippen molar-refractivity contribution < 1.29 is 19.0 Å². The van der Waals surface area contributed by atoms with E-state index >= 15 is 0 Å². The van der Waals surface area contributed by atoms with Crippen molar-refractivity contribution in [3.63, 3.8) is 0 Å². The van der Waals surface area contributed by atoms with Crippen LogP contribution in [0, 0.1) is 16.7 Å². The van der Waals surface area contributed by atoms with Crippen LogP contribution in [-0.4, -0.2) is 38.1 Å². The molecule has 0 amide bonds. The summed E-state index contributed by atoms with van der Waals surface area (Å²) in [5.74, 6) is 0.717. The fraction of sp³-hybridized carbons (Fsp3) is 0.379. The number of halogens is 2. The lowest BCUT2D eigenvalue weighted by molar-refractivity contribution is -0.118. The van der Waals surface area contributed by atoms with Gasteiger partial charge in [0.2, 0.25) is 0 Å². The number of carbonyl (C=O) groups is 1. The summed E-state index contributed by atoms with van der Waals surface area (Å²) in [6.07, 6.45) is 1.05. The highest BCUT2D eigenvalue weighted by molar-refractivity contribution is 9.10. The van der Waals surface area contributed by atoms with Crippen LogP contribution in [0.15, 0.2) is 63.5 Å². The third-order valence-corrected chi connectivity index (χ3v) is 7.69. The number of ether oxygens (including phenoxy) is 3. The first-order valence-electron chi connectivity index (χ1n) is 12.3. The first-order valence-corrected chi connectivity index (χ1v) is 13.4. The smallest absolute Gasteiger partial charge is 0.175 e. The molecule has 7 nitrogen and oxygen atoms in total. The summed E-state index contributed by atoms with van der Waals surface area (Å²) in [6.45, 7) is 5.29. The van der Waals surface area contributed by atoms with E-state index in [-0.39, 0.29) is 17.8 Å². The Morgan fingerprint density at radius 2 is 2.00 bits per heavy atom. The van der Waals surface area contributed by atoms with E-state index in [0.29, 0.717) is 64.0 Å². The highest BCUT2D eigenvalue weighted by Gasteiger charge is 2.44. The van der Waals surface area contributed by atoms with E-state index in [9.17, 15) is 10.1 Å². The molecule has 0 unspecified atom stereocenters. The van der Waals surface area contributed by atoms with E-state index in [0.717, 1.165) is 16.8 Å². The zero-order valence-corrected chi connectivity index (χ0v) is 24.3. The van der Waals surface area contributed by atoms with Crippen molar-refractivity contribution in [3.8, 4) is 17.6 Å². The molecule has 1 aliphatic heterocycles. The van der Waals surface area contributed by atoms with Gasteiger partial charge in [-0.3, -0.25) is 4.79 Å². The molecule has 0 fully saturated rings. The van der Waals surface area contributed by atoms with E-state index in [1.807, 2.05) is 35.2 Å². The van der Waals surface area contributed by atoms with Crippen molar-refractivity contribution in [3.05, 3.63) is 79.7 Å². The van der Waals surface area contributed by atoms with Crippen LogP contribution in [0.5, 0.6) is 11.5 Å². The van der Waals surface area contributed by atoms with Crippen LogP contribution in [0.4, 0.5) is 0 Å². The molecule has 2 N–H and O–H groups in total. The highest BCUT2D eigenvalue weighted by Crippen LogP contribution is 2.50. The van der Waals surface area contributed by atoms with Crippen LogP contribution in [0.3, 0.4) is 0 Å². The molecule has 0 saturated carbocycles. The van der Waals surface area contributed by atoms with Crippen LogP contribution >= 0.6 is 27.5 Å². The number of Topliss-reactive ketones (excluding diaryl/α,β-unsaturated/α-hetero) is 1. The van der Waals surface area contributed by atoms with Crippen molar-refractivity contribution in [1.82, 2.24) is 4.90 Å². The molecule has 4 rings (SSSR count). The molecule has 0 bridgehead atoms. The Labute approximate surface area is 236 Å². The monoisotopic (exact) mass is 599 g/mol. The van der Waals surface area contributed by atoms with Gasteiger partial charge in [-0.25, -0.2) is 0 Å². The van der Waals surface area contributed by atoms with Crippen LogP contribution in [-0.2, 0) is 16.1 Å². The van der Waals surface area contributed by atoms with E-state index in [1.54, 1.807) is 20.3 Å². The van der Waals surface area contributed by atoms with Gasteiger partial charge in [0, 0.05) is 36.4 Å². The molecule has 9 heteroatoms. The number of benzene rings is 2. The summed E-state index contributed by atoms with van der Waals surface area (Å²) in [4.78, 5) is 15.5. The minimum atomic E-state index is -0.621. The Balaban J connectivity index is 1.80. The molecule has 2 aromatic carbocycles. The van der Waals surface area contributed by atoms with Crippen molar-refractivity contribution in [1.29, 1.82) is 5.26 Å². The fourth-order valence-corrected chi connectivity index (χ4v) is 5.96. The second-order valence-corrected chi connectivity index (χ2v) is 11.5. The normalized spacial score (nSPS) is 18.8. The molecule has 38 heavy (non-hydrogen) atoms. The second-order valence-electron chi connectivity index (χ2n) is 10.2. The average Bonchev–Trinajstić information content (AvgIpc) is 2.86. The van der Waals surface area contributed by atoms with E-state index < -0.39 is 5.92 Å². The summed E-state index contributed by atoms with van der Waals surface area (Å²) >= 11 is 9.74. The van der Waals surface area contributed by atoms with Crippen molar-refractivity contribution >= 4 is 33.3 Å². The number of nitriles is 1. The maximum Gasteiger partial charge on any atom is 0.175 e. The molecular formula is C29H31BrClN3O4. The number of methoxy groups -OCH3 is 2. The van der Waals surface area contributed by atoms with Gasteiger partial charge in [0.15, 0.2) is 17.3 Å². The van der Waals surface area contributed by atoms with Gasteiger partial charge in [0.05, 0.1) is 35.7 Å². The zero-order chi connectivity index (χ0) is 27.6. The highest BCUT2D eigenvalue weighted by atomic mass is 79.9. The Hall–Kier alpha value is -2.99. The minimum absolute atomic E-state index is 0.0142. The summed E-state index contributed by atoms with van der Waals surface area (Å²) < 4.78 is 17.7. The summed E-state index contributed by atoms with van der Waals surface area (Å²) in [5, 5.41) is 10.9. The quantitative estimate of drug-likeness (QED) is 0.393. The van der Waals surface area contributed by atoms with E-state index in [4.69, 9.17) is 31.5 Å². The van der Waals surface area contributed by atoms with Crippen molar-refractivity contribution in [2.45, 2.75) is 39.2 Å². The standard InChI is InChI=1S/C29H31BrClN3O4/c1-29(2)13-22-26(23(35)14-29)25(20(15-32)28(33)34(22)8-9-36-3)18-11-21(30)27(24(12-18)37-4)38-16-17-6-5-7-19(31)10-17/h5-7,10-12,25H,8-9,13-14,16,33H2,1-4H3/t25-/m0/s1. The number of ketones is 1. The second kappa shape index (κ2) is 11.4. The molecule has 0 saturated heterocycles. The van der Waals surface area contributed by atoms with Crippen molar-refractivity contribution in [2.75, 3.05) is 27.4 Å². The molecule has 0 radical (unpaired) electrons. The number of hydrogen-bond donors (Lipinski definition) is 1. The fourth-order valence-electron chi connectivity index (χ4n) is 5.18. The molecular weight excluding hydrogens is 570 g/mol. The average molecular weight is 601 g/mol. The summed E-state index contributed by atoms with van der Waals surface area (Å²) in [5.41, 5.74) is 9.79. The van der Waals surface area contributed by atoms with Crippen LogP contribution in [0.25, 0.3) is 0 Å². The molecule has 2 aromatic rings. The predicted octanol–water partition coefficient (Wildman–Crippen LogP) is 6.07. The molecule has 0 spiro atoms. The van der Waals surface area contributed by atoms with E-state index in [1.165, 1.54) is 0 Å². The van der Waals surface area contributed by atoms with Crippen LogP contribution in [0.1, 0.15) is 43.7 Å². The topological polar surface area (TPSA) is 97.8 Å². The van der Waals surface area contributed by atoms with Gasteiger partial charge in [0.25, 0.3) is 0 Å². The Morgan fingerprint density at radius 3 is 2.66 bits per heavy atom.